The second-order valence-electron chi connectivity index (χ2n) is 5.53. The number of halogens is 1. The van der Waals surface area contributed by atoms with E-state index >= 15 is 0 Å². The molecule has 0 saturated carbocycles. The summed E-state index contributed by atoms with van der Waals surface area (Å²) in [5, 5.41) is 5.60. The van der Waals surface area contributed by atoms with E-state index in [0.29, 0.717) is 28.2 Å². The van der Waals surface area contributed by atoms with Crippen molar-refractivity contribution in [3.63, 3.8) is 0 Å². The third-order valence-corrected chi connectivity index (χ3v) is 4.19. The molecule has 4 rings (SSSR count). The van der Waals surface area contributed by atoms with Crippen molar-refractivity contribution in [2.75, 3.05) is 14.2 Å². The molecule has 0 unspecified atom stereocenters. The van der Waals surface area contributed by atoms with Gasteiger partial charge in [0.1, 0.15) is 5.75 Å². The van der Waals surface area contributed by atoms with Gasteiger partial charge in [-0.2, -0.15) is 4.98 Å². The van der Waals surface area contributed by atoms with Crippen molar-refractivity contribution >= 4 is 22.5 Å². The summed E-state index contributed by atoms with van der Waals surface area (Å²) in [4.78, 5) is 8.99. The third-order valence-electron chi connectivity index (χ3n) is 3.94. The number of methoxy groups -OCH3 is 2. The van der Waals surface area contributed by atoms with E-state index in [4.69, 9.17) is 25.6 Å². The molecule has 130 valence electrons. The lowest BCUT2D eigenvalue weighted by Crippen LogP contribution is -1.94. The number of fused-ring (bicyclic) bond motifs is 1. The lowest BCUT2D eigenvalue weighted by Gasteiger charge is -2.07. The van der Waals surface area contributed by atoms with Crippen molar-refractivity contribution in [3.05, 3.63) is 53.6 Å². The summed E-state index contributed by atoms with van der Waals surface area (Å²) in [6.07, 6.45) is 0. The summed E-state index contributed by atoms with van der Waals surface area (Å²) in [5.74, 6) is 1.95. The zero-order valence-electron chi connectivity index (χ0n) is 14.1. The largest absolute Gasteiger partial charge is 0.497 e. The van der Waals surface area contributed by atoms with Gasteiger partial charge in [0.15, 0.2) is 0 Å². The summed E-state index contributed by atoms with van der Waals surface area (Å²) in [7, 11) is 3.18. The highest BCUT2D eigenvalue weighted by Crippen LogP contribution is 2.32. The maximum atomic E-state index is 5.92. The van der Waals surface area contributed by atoms with Crippen LogP contribution in [0.3, 0.4) is 0 Å². The summed E-state index contributed by atoms with van der Waals surface area (Å²) in [5.41, 5.74) is 2.20. The summed E-state index contributed by atoms with van der Waals surface area (Å²) >= 11 is 5.92. The number of hydrogen-bond donors (Lipinski definition) is 0. The Morgan fingerprint density at radius 2 is 1.73 bits per heavy atom. The highest BCUT2D eigenvalue weighted by atomic mass is 35.5. The van der Waals surface area contributed by atoms with E-state index in [-0.39, 0.29) is 0 Å². The predicted octanol–water partition coefficient (Wildman–Crippen LogP) is 4.62. The Kier molecular flexibility index (Phi) is 4.18. The minimum Gasteiger partial charge on any atom is -0.497 e. The summed E-state index contributed by atoms with van der Waals surface area (Å²) in [6.45, 7) is 0. The molecule has 7 heteroatoms. The van der Waals surface area contributed by atoms with E-state index in [9.17, 15) is 0 Å². The van der Waals surface area contributed by atoms with Gasteiger partial charge in [0.2, 0.25) is 11.7 Å². The van der Waals surface area contributed by atoms with Crippen LogP contribution in [-0.4, -0.2) is 29.3 Å². The smallest absolute Gasteiger partial charge is 0.258 e. The lowest BCUT2D eigenvalue weighted by atomic mass is 10.1. The molecule has 2 aromatic carbocycles. The van der Waals surface area contributed by atoms with Gasteiger partial charge < -0.3 is 14.0 Å². The van der Waals surface area contributed by atoms with Gasteiger partial charge in [-0.1, -0.05) is 16.8 Å². The topological polar surface area (TPSA) is 70.3 Å². The second-order valence-corrected chi connectivity index (χ2v) is 5.97. The Bertz CT molecular complexity index is 1080. The van der Waals surface area contributed by atoms with Gasteiger partial charge in [-0.3, -0.25) is 0 Å². The van der Waals surface area contributed by atoms with Crippen LogP contribution in [0, 0.1) is 0 Å². The first-order chi connectivity index (χ1) is 12.7. The van der Waals surface area contributed by atoms with Gasteiger partial charge in [-0.05, 0) is 48.5 Å². The van der Waals surface area contributed by atoms with E-state index in [0.717, 1.165) is 22.2 Å². The van der Waals surface area contributed by atoms with Crippen LogP contribution in [0.15, 0.2) is 53.1 Å². The molecule has 2 heterocycles. The molecule has 0 atom stereocenters. The van der Waals surface area contributed by atoms with Crippen molar-refractivity contribution in [1.82, 2.24) is 15.1 Å². The van der Waals surface area contributed by atoms with Crippen LogP contribution in [0.4, 0.5) is 0 Å². The first-order valence-corrected chi connectivity index (χ1v) is 8.18. The number of rotatable bonds is 4. The number of nitrogens with zero attached hydrogens (tertiary/aromatic N) is 3. The Morgan fingerprint density at radius 3 is 2.46 bits per heavy atom. The van der Waals surface area contributed by atoms with E-state index in [1.165, 1.54) is 0 Å². The van der Waals surface area contributed by atoms with Gasteiger partial charge in [-0.25, -0.2) is 4.98 Å². The van der Waals surface area contributed by atoms with E-state index in [1.807, 2.05) is 36.4 Å². The maximum Gasteiger partial charge on any atom is 0.258 e. The molecule has 0 amide bonds. The molecule has 26 heavy (non-hydrogen) atoms. The molecule has 0 bridgehead atoms. The SMILES string of the molecule is COc1ccc2nc(OC)c(-c3noc(-c4ccc(Cl)cc4)n3)cc2c1. The normalized spacial score (nSPS) is 10.9. The van der Waals surface area contributed by atoms with Crippen LogP contribution in [0.5, 0.6) is 11.6 Å². The third kappa shape index (κ3) is 2.95. The molecule has 6 nitrogen and oxygen atoms in total. The first-order valence-electron chi connectivity index (χ1n) is 7.81. The molecule has 0 N–H and O–H groups in total. The van der Waals surface area contributed by atoms with Crippen LogP contribution < -0.4 is 9.47 Å². The fraction of sp³-hybridized carbons (Fsp3) is 0.105. The minimum absolute atomic E-state index is 0.393. The number of benzene rings is 2. The van der Waals surface area contributed by atoms with Gasteiger partial charge in [-0.15, -0.1) is 0 Å². The van der Waals surface area contributed by atoms with E-state index in [2.05, 4.69) is 15.1 Å². The van der Waals surface area contributed by atoms with Crippen molar-refractivity contribution in [3.8, 4) is 34.5 Å². The zero-order chi connectivity index (χ0) is 18.1. The number of hydrogen-bond acceptors (Lipinski definition) is 6. The molecule has 0 radical (unpaired) electrons. The zero-order valence-corrected chi connectivity index (χ0v) is 14.8. The highest BCUT2D eigenvalue weighted by Gasteiger charge is 2.17. The van der Waals surface area contributed by atoms with Crippen LogP contribution in [0.25, 0.3) is 33.7 Å². The molecule has 0 aliphatic carbocycles. The van der Waals surface area contributed by atoms with Crippen molar-refractivity contribution in [2.45, 2.75) is 0 Å². The first kappa shape index (κ1) is 16.4. The van der Waals surface area contributed by atoms with Gasteiger partial charge in [0.25, 0.3) is 5.89 Å². The van der Waals surface area contributed by atoms with Gasteiger partial charge in [0.05, 0.1) is 25.3 Å². The fourth-order valence-electron chi connectivity index (χ4n) is 2.62. The Hall–Kier alpha value is -3.12. The van der Waals surface area contributed by atoms with E-state index < -0.39 is 0 Å². The van der Waals surface area contributed by atoms with Gasteiger partial charge in [0, 0.05) is 16.0 Å². The Morgan fingerprint density at radius 1 is 0.923 bits per heavy atom. The van der Waals surface area contributed by atoms with Crippen LogP contribution in [0.1, 0.15) is 0 Å². The van der Waals surface area contributed by atoms with Crippen LogP contribution in [-0.2, 0) is 0 Å². The average Bonchev–Trinajstić information content (AvgIpc) is 3.17. The molecule has 0 fully saturated rings. The van der Waals surface area contributed by atoms with Crippen LogP contribution in [0.2, 0.25) is 5.02 Å². The summed E-state index contributed by atoms with van der Waals surface area (Å²) < 4.78 is 16.1. The monoisotopic (exact) mass is 367 g/mol. The molecule has 0 spiro atoms. The highest BCUT2D eigenvalue weighted by molar-refractivity contribution is 6.30. The van der Waals surface area contributed by atoms with E-state index in [1.54, 1.807) is 26.4 Å². The molecule has 0 aliphatic heterocycles. The Labute approximate surface area is 154 Å². The molecular weight excluding hydrogens is 354 g/mol. The summed E-state index contributed by atoms with van der Waals surface area (Å²) in [6, 6.07) is 14.7. The molecule has 2 aromatic heterocycles. The average molecular weight is 368 g/mol. The molecular formula is C19H14ClN3O3. The molecule has 4 aromatic rings. The van der Waals surface area contributed by atoms with Crippen molar-refractivity contribution in [1.29, 1.82) is 0 Å². The predicted molar refractivity (Wildman–Crippen MR) is 98.6 cm³/mol. The quantitative estimate of drug-likeness (QED) is 0.524. The number of ether oxygens (including phenoxy) is 2. The van der Waals surface area contributed by atoms with Gasteiger partial charge >= 0.3 is 0 Å². The number of pyridine rings is 1. The van der Waals surface area contributed by atoms with Crippen LogP contribution >= 0.6 is 11.6 Å². The fourth-order valence-corrected chi connectivity index (χ4v) is 2.75. The minimum atomic E-state index is 0.393. The molecule has 0 saturated heterocycles. The van der Waals surface area contributed by atoms with Crippen molar-refractivity contribution < 1.29 is 14.0 Å². The maximum absolute atomic E-state index is 5.92. The second kappa shape index (κ2) is 6.65. The Balaban J connectivity index is 1.81. The standard InChI is InChI=1S/C19H14ClN3O3/c1-24-14-7-8-16-12(9-14)10-15(19(21-16)25-2)17-22-18(26-23-17)11-3-5-13(20)6-4-11/h3-10H,1-2H3. The molecule has 0 aliphatic rings. The van der Waals surface area contributed by atoms with Crippen molar-refractivity contribution in [2.24, 2.45) is 0 Å². The number of aromatic nitrogens is 3. The lowest BCUT2D eigenvalue weighted by molar-refractivity contribution is 0.399.